The second-order valence-electron chi connectivity index (χ2n) is 4.29. The zero-order valence-corrected chi connectivity index (χ0v) is 11.3. The van der Waals surface area contributed by atoms with Gasteiger partial charge in [-0.2, -0.15) is 0 Å². The van der Waals surface area contributed by atoms with E-state index >= 15 is 0 Å². The molecule has 0 amide bonds. The van der Waals surface area contributed by atoms with E-state index in [0.717, 1.165) is 11.3 Å². The summed E-state index contributed by atoms with van der Waals surface area (Å²) in [6, 6.07) is 20.0. The van der Waals surface area contributed by atoms with Gasteiger partial charge in [0, 0.05) is 11.0 Å². The quantitative estimate of drug-likeness (QED) is 0.859. The predicted molar refractivity (Wildman–Crippen MR) is 79.2 cm³/mol. The highest BCUT2D eigenvalue weighted by molar-refractivity contribution is 7.98. The maximum atomic E-state index is 11.0. The first-order valence-corrected chi connectivity index (χ1v) is 7.23. The van der Waals surface area contributed by atoms with E-state index in [4.69, 9.17) is 5.11 Å². The molecule has 0 radical (unpaired) electrons. The van der Waals surface area contributed by atoms with E-state index in [0.29, 0.717) is 0 Å². The molecule has 0 saturated carbocycles. The Kier molecular flexibility index (Phi) is 5.04. The molecule has 1 N–H and O–H groups in total. The minimum Gasteiger partial charge on any atom is -0.481 e. The van der Waals surface area contributed by atoms with Crippen LogP contribution in [-0.2, 0) is 10.5 Å². The van der Waals surface area contributed by atoms with Crippen LogP contribution in [0, 0.1) is 0 Å². The van der Waals surface area contributed by atoms with Crippen LogP contribution in [0.5, 0.6) is 0 Å². The van der Waals surface area contributed by atoms with Gasteiger partial charge in [-0.05, 0) is 11.1 Å². The first-order valence-electron chi connectivity index (χ1n) is 6.18. The third kappa shape index (κ3) is 4.45. The van der Waals surface area contributed by atoms with Gasteiger partial charge < -0.3 is 5.11 Å². The molecular formula is C16H16O2S. The van der Waals surface area contributed by atoms with Crippen LogP contribution >= 0.6 is 11.8 Å². The van der Waals surface area contributed by atoms with Crippen molar-refractivity contribution < 1.29 is 9.90 Å². The summed E-state index contributed by atoms with van der Waals surface area (Å²) in [4.78, 5) is 11.0. The highest BCUT2D eigenvalue weighted by Gasteiger charge is 2.15. The topological polar surface area (TPSA) is 37.3 Å². The van der Waals surface area contributed by atoms with Crippen LogP contribution in [0.1, 0.15) is 22.8 Å². The van der Waals surface area contributed by atoms with E-state index in [9.17, 15) is 4.79 Å². The molecule has 0 saturated heterocycles. The maximum Gasteiger partial charge on any atom is 0.304 e. The van der Waals surface area contributed by atoms with Crippen molar-refractivity contribution in [3.8, 4) is 0 Å². The van der Waals surface area contributed by atoms with Crippen LogP contribution < -0.4 is 0 Å². The van der Waals surface area contributed by atoms with Gasteiger partial charge in [0.15, 0.2) is 0 Å². The number of hydrogen-bond donors (Lipinski definition) is 1. The van der Waals surface area contributed by atoms with Crippen LogP contribution in [0.3, 0.4) is 0 Å². The summed E-state index contributed by atoms with van der Waals surface area (Å²) >= 11 is 1.68. The molecule has 2 rings (SSSR count). The number of carboxylic acids is 1. The summed E-state index contributed by atoms with van der Waals surface area (Å²) < 4.78 is 0. The lowest BCUT2D eigenvalue weighted by molar-refractivity contribution is -0.137. The van der Waals surface area contributed by atoms with Crippen molar-refractivity contribution in [2.45, 2.75) is 17.4 Å². The molecule has 2 nitrogen and oxygen atoms in total. The van der Waals surface area contributed by atoms with E-state index in [-0.39, 0.29) is 11.7 Å². The van der Waals surface area contributed by atoms with E-state index < -0.39 is 5.97 Å². The SMILES string of the molecule is O=C(O)CC(SCc1ccccc1)c1ccccc1. The number of aliphatic carboxylic acids is 1. The number of carboxylic acid groups (broad SMARTS) is 1. The second kappa shape index (κ2) is 7.00. The molecule has 0 aliphatic carbocycles. The minimum absolute atomic E-state index is 0.00101. The molecule has 98 valence electrons. The van der Waals surface area contributed by atoms with E-state index in [1.807, 2.05) is 48.5 Å². The molecule has 0 bridgehead atoms. The number of rotatable bonds is 6. The van der Waals surface area contributed by atoms with E-state index in [2.05, 4.69) is 12.1 Å². The lowest BCUT2D eigenvalue weighted by Crippen LogP contribution is -2.03. The van der Waals surface area contributed by atoms with Crippen LogP contribution in [0.4, 0.5) is 0 Å². The molecule has 19 heavy (non-hydrogen) atoms. The van der Waals surface area contributed by atoms with Gasteiger partial charge in [-0.3, -0.25) is 4.79 Å². The Hall–Kier alpha value is -1.74. The zero-order chi connectivity index (χ0) is 13.5. The van der Waals surface area contributed by atoms with Crippen LogP contribution in [-0.4, -0.2) is 11.1 Å². The monoisotopic (exact) mass is 272 g/mol. The molecule has 2 aromatic rings. The molecule has 1 atom stereocenters. The summed E-state index contributed by atoms with van der Waals surface area (Å²) in [5, 5.41) is 9.03. The fraction of sp³-hybridized carbons (Fsp3) is 0.188. The Morgan fingerprint density at radius 1 is 1.00 bits per heavy atom. The highest BCUT2D eigenvalue weighted by Crippen LogP contribution is 2.34. The summed E-state index contributed by atoms with van der Waals surface area (Å²) in [6.45, 7) is 0. The van der Waals surface area contributed by atoms with E-state index in [1.54, 1.807) is 11.8 Å². The average Bonchev–Trinajstić information content (AvgIpc) is 2.45. The first kappa shape index (κ1) is 13.7. The Labute approximate surface area is 117 Å². The van der Waals surface area contributed by atoms with Crippen molar-refractivity contribution in [2.24, 2.45) is 0 Å². The smallest absolute Gasteiger partial charge is 0.304 e. The van der Waals surface area contributed by atoms with Crippen LogP contribution in [0.2, 0.25) is 0 Å². The van der Waals surface area contributed by atoms with Crippen molar-refractivity contribution in [3.05, 3.63) is 71.8 Å². The Morgan fingerprint density at radius 3 is 2.16 bits per heavy atom. The molecule has 0 spiro atoms. The predicted octanol–water partition coefficient (Wildman–Crippen LogP) is 4.14. The van der Waals surface area contributed by atoms with Gasteiger partial charge in [0.25, 0.3) is 0 Å². The van der Waals surface area contributed by atoms with Gasteiger partial charge in [-0.25, -0.2) is 0 Å². The Bertz CT molecular complexity index is 511. The number of hydrogen-bond acceptors (Lipinski definition) is 2. The third-order valence-electron chi connectivity index (χ3n) is 2.83. The molecule has 3 heteroatoms. The first-order chi connectivity index (χ1) is 9.25. The fourth-order valence-electron chi connectivity index (χ4n) is 1.87. The summed E-state index contributed by atoms with van der Waals surface area (Å²) in [6.07, 6.45) is 0.154. The van der Waals surface area contributed by atoms with Crippen molar-refractivity contribution in [3.63, 3.8) is 0 Å². The average molecular weight is 272 g/mol. The summed E-state index contributed by atoms with van der Waals surface area (Å²) in [5.41, 5.74) is 2.30. The fourth-order valence-corrected chi connectivity index (χ4v) is 3.07. The van der Waals surface area contributed by atoms with Gasteiger partial charge in [0.1, 0.15) is 0 Å². The highest BCUT2D eigenvalue weighted by atomic mass is 32.2. The van der Waals surface area contributed by atoms with Gasteiger partial charge in [0.05, 0.1) is 6.42 Å². The lowest BCUT2D eigenvalue weighted by Gasteiger charge is -2.15. The standard InChI is InChI=1S/C16H16O2S/c17-16(18)11-15(14-9-5-2-6-10-14)19-12-13-7-3-1-4-8-13/h1-10,15H,11-12H2,(H,17,18). The Morgan fingerprint density at radius 2 is 1.58 bits per heavy atom. The van der Waals surface area contributed by atoms with Crippen LogP contribution in [0.15, 0.2) is 60.7 Å². The molecule has 0 fully saturated rings. The second-order valence-corrected chi connectivity index (χ2v) is 5.48. The summed E-state index contributed by atoms with van der Waals surface area (Å²) in [5.74, 6) is 0.0719. The molecule has 0 aliphatic rings. The van der Waals surface area contributed by atoms with Crippen LogP contribution in [0.25, 0.3) is 0 Å². The number of thioether (sulfide) groups is 1. The molecule has 0 aliphatic heterocycles. The molecule has 2 aromatic carbocycles. The molecular weight excluding hydrogens is 256 g/mol. The van der Waals surface area contributed by atoms with Crippen molar-refractivity contribution in [1.82, 2.24) is 0 Å². The normalized spacial score (nSPS) is 12.0. The minimum atomic E-state index is -0.755. The van der Waals surface area contributed by atoms with Gasteiger partial charge in [-0.1, -0.05) is 60.7 Å². The van der Waals surface area contributed by atoms with E-state index in [1.165, 1.54) is 5.56 Å². The zero-order valence-electron chi connectivity index (χ0n) is 10.5. The third-order valence-corrected chi connectivity index (χ3v) is 4.17. The van der Waals surface area contributed by atoms with Crippen molar-refractivity contribution >= 4 is 17.7 Å². The lowest BCUT2D eigenvalue weighted by atomic mass is 10.1. The van der Waals surface area contributed by atoms with Gasteiger partial charge >= 0.3 is 5.97 Å². The molecule has 0 heterocycles. The molecule has 0 aromatic heterocycles. The Balaban J connectivity index is 2.04. The molecule has 1 unspecified atom stereocenters. The number of carbonyl (C=O) groups is 1. The van der Waals surface area contributed by atoms with Gasteiger partial charge in [-0.15, -0.1) is 11.8 Å². The largest absolute Gasteiger partial charge is 0.481 e. The van der Waals surface area contributed by atoms with Crippen molar-refractivity contribution in [1.29, 1.82) is 0 Å². The maximum absolute atomic E-state index is 11.0. The van der Waals surface area contributed by atoms with Crippen molar-refractivity contribution in [2.75, 3.05) is 0 Å². The van der Waals surface area contributed by atoms with Gasteiger partial charge in [0.2, 0.25) is 0 Å². The number of benzene rings is 2. The summed E-state index contributed by atoms with van der Waals surface area (Å²) in [7, 11) is 0.